The summed E-state index contributed by atoms with van der Waals surface area (Å²) in [6.45, 7) is 6.20. The molecule has 3 nitrogen and oxygen atoms in total. The van der Waals surface area contributed by atoms with Crippen LogP contribution >= 0.6 is 0 Å². The minimum atomic E-state index is 0.362. The van der Waals surface area contributed by atoms with Gasteiger partial charge >= 0.3 is 0 Å². The van der Waals surface area contributed by atoms with Gasteiger partial charge in [-0.15, -0.1) is 0 Å². The summed E-state index contributed by atoms with van der Waals surface area (Å²) in [6.07, 6.45) is 4.38. The lowest BCUT2D eigenvalue weighted by Gasteiger charge is -2.34. The van der Waals surface area contributed by atoms with Crippen LogP contribution < -0.4 is 5.32 Å². The van der Waals surface area contributed by atoms with Gasteiger partial charge in [0.1, 0.15) is 0 Å². The summed E-state index contributed by atoms with van der Waals surface area (Å²) >= 11 is 0. The van der Waals surface area contributed by atoms with Gasteiger partial charge in [-0.2, -0.15) is 0 Å². The van der Waals surface area contributed by atoms with Crippen LogP contribution in [0.4, 0.5) is 0 Å². The Bertz CT molecular complexity index is 484. The average Bonchev–Trinajstić information content (AvgIpc) is 3.32. The Morgan fingerprint density at radius 1 is 1.14 bits per heavy atom. The fourth-order valence-electron chi connectivity index (χ4n) is 3.16. The maximum Gasteiger partial charge on any atom is 0.225 e. The predicted octanol–water partition coefficient (Wildman–Crippen LogP) is 3.05. The molecule has 2 aliphatic rings. The summed E-state index contributed by atoms with van der Waals surface area (Å²) in [4.78, 5) is 14.1. The number of amides is 1. The van der Waals surface area contributed by atoms with Crippen LogP contribution in [0.25, 0.3) is 0 Å². The molecule has 0 bridgehead atoms. The van der Waals surface area contributed by atoms with Gasteiger partial charge in [0.05, 0.1) is 0 Å². The van der Waals surface area contributed by atoms with E-state index in [1.807, 2.05) is 0 Å². The number of hydrogen-bond acceptors (Lipinski definition) is 2. The first kappa shape index (κ1) is 14.6. The number of aryl methyl sites for hydroxylation is 1. The summed E-state index contributed by atoms with van der Waals surface area (Å²) < 4.78 is 0. The molecule has 0 radical (unpaired) electrons. The highest BCUT2D eigenvalue weighted by Gasteiger charge is 2.34. The van der Waals surface area contributed by atoms with Gasteiger partial charge in [-0.25, -0.2) is 0 Å². The first-order valence-electron chi connectivity index (χ1n) is 8.25. The lowest BCUT2D eigenvalue weighted by Crippen LogP contribution is -2.45. The largest absolute Gasteiger partial charge is 0.342 e. The third kappa shape index (κ3) is 3.65. The van der Waals surface area contributed by atoms with Gasteiger partial charge in [-0.05, 0) is 45.1 Å². The second-order valence-electron chi connectivity index (χ2n) is 6.67. The van der Waals surface area contributed by atoms with Crippen molar-refractivity contribution in [2.24, 2.45) is 5.92 Å². The van der Waals surface area contributed by atoms with Crippen LogP contribution in [0.2, 0.25) is 0 Å². The zero-order chi connectivity index (χ0) is 14.8. The molecule has 1 aromatic rings. The molecule has 1 heterocycles. The van der Waals surface area contributed by atoms with E-state index in [0.29, 0.717) is 23.9 Å². The Morgan fingerprint density at radius 2 is 1.76 bits per heavy atom. The fraction of sp³-hybridized carbons (Fsp3) is 0.611. The van der Waals surface area contributed by atoms with Gasteiger partial charge in [-0.3, -0.25) is 4.79 Å². The topological polar surface area (TPSA) is 32.3 Å². The number of nitrogens with zero attached hydrogens (tertiary/aromatic N) is 1. The maximum absolute atomic E-state index is 12.0. The molecule has 1 N–H and O–H groups in total. The van der Waals surface area contributed by atoms with Crippen molar-refractivity contribution in [2.75, 3.05) is 13.1 Å². The number of benzene rings is 1. The van der Waals surface area contributed by atoms with Crippen LogP contribution in [-0.2, 0) is 4.79 Å². The van der Waals surface area contributed by atoms with Gasteiger partial charge in [0, 0.05) is 31.1 Å². The third-order valence-corrected chi connectivity index (χ3v) is 4.80. The smallest absolute Gasteiger partial charge is 0.225 e. The van der Waals surface area contributed by atoms with Crippen molar-refractivity contribution in [1.29, 1.82) is 0 Å². The molecule has 1 aliphatic heterocycles. The molecule has 0 aromatic heterocycles. The lowest BCUT2D eigenvalue weighted by atomic mass is 10.0. The van der Waals surface area contributed by atoms with Crippen LogP contribution in [0.1, 0.15) is 49.8 Å². The lowest BCUT2D eigenvalue weighted by molar-refractivity contribution is -0.133. The number of carbonyl (C=O) groups is 1. The molecule has 114 valence electrons. The third-order valence-electron chi connectivity index (χ3n) is 4.80. The van der Waals surface area contributed by atoms with Crippen LogP contribution in [0.3, 0.4) is 0 Å². The first-order chi connectivity index (χ1) is 10.1. The Morgan fingerprint density at radius 3 is 2.33 bits per heavy atom. The van der Waals surface area contributed by atoms with Crippen LogP contribution in [0, 0.1) is 12.8 Å². The van der Waals surface area contributed by atoms with Crippen LogP contribution in [0.5, 0.6) is 0 Å². The average molecular weight is 286 g/mol. The Labute approximate surface area is 127 Å². The normalized spacial score (nSPS) is 21.3. The summed E-state index contributed by atoms with van der Waals surface area (Å²) in [7, 11) is 0. The number of piperidine rings is 1. The van der Waals surface area contributed by atoms with Gasteiger partial charge in [0.25, 0.3) is 0 Å². The van der Waals surface area contributed by atoms with Gasteiger partial charge in [0.15, 0.2) is 0 Å². The maximum atomic E-state index is 12.0. The molecule has 21 heavy (non-hydrogen) atoms. The molecule has 1 unspecified atom stereocenters. The summed E-state index contributed by atoms with van der Waals surface area (Å²) in [6, 6.07) is 9.66. The first-order valence-corrected chi connectivity index (χ1v) is 8.25. The molecule has 1 aromatic carbocycles. The fourth-order valence-corrected chi connectivity index (χ4v) is 3.16. The standard InChI is InChI=1S/C18H26N2O/c1-13-3-5-15(6-4-13)14(2)19-17-9-11-20(12-10-17)18(21)16-7-8-16/h3-6,14,16-17,19H,7-12H2,1-2H3. The number of rotatable bonds is 4. The highest BCUT2D eigenvalue weighted by Crippen LogP contribution is 2.32. The molecule has 0 spiro atoms. The second-order valence-corrected chi connectivity index (χ2v) is 6.67. The molecular weight excluding hydrogens is 260 g/mol. The minimum Gasteiger partial charge on any atom is -0.342 e. The monoisotopic (exact) mass is 286 g/mol. The van der Waals surface area contributed by atoms with Crippen molar-refractivity contribution in [1.82, 2.24) is 10.2 Å². The Balaban J connectivity index is 1.48. The molecular formula is C18H26N2O. The Hall–Kier alpha value is -1.35. The minimum absolute atomic E-state index is 0.362. The quantitative estimate of drug-likeness (QED) is 0.922. The molecule has 1 atom stereocenters. The van der Waals surface area contributed by atoms with Gasteiger partial charge in [-0.1, -0.05) is 29.8 Å². The predicted molar refractivity (Wildman–Crippen MR) is 85.1 cm³/mol. The van der Waals surface area contributed by atoms with E-state index in [-0.39, 0.29) is 0 Å². The SMILES string of the molecule is Cc1ccc(C(C)NC2CCN(C(=O)C3CC3)CC2)cc1. The van der Waals surface area contributed by atoms with E-state index >= 15 is 0 Å². The molecule has 1 amide bonds. The van der Waals surface area contributed by atoms with E-state index in [2.05, 4.69) is 48.3 Å². The van der Waals surface area contributed by atoms with E-state index in [1.165, 1.54) is 11.1 Å². The van der Waals surface area contributed by atoms with Crippen molar-refractivity contribution in [2.45, 2.75) is 51.6 Å². The number of likely N-dealkylation sites (tertiary alicyclic amines) is 1. The highest BCUT2D eigenvalue weighted by molar-refractivity contribution is 5.81. The van der Waals surface area contributed by atoms with Crippen molar-refractivity contribution < 1.29 is 4.79 Å². The second kappa shape index (κ2) is 6.18. The van der Waals surface area contributed by atoms with Gasteiger partial charge < -0.3 is 10.2 Å². The van der Waals surface area contributed by atoms with Crippen molar-refractivity contribution >= 4 is 5.91 Å². The highest BCUT2D eigenvalue weighted by atomic mass is 16.2. The zero-order valence-electron chi connectivity index (χ0n) is 13.1. The van der Waals surface area contributed by atoms with Crippen molar-refractivity contribution in [3.05, 3.63) is 35.4 Å². The summed E-state index contributed by atoms with van der Waals surface area (Å²) in [5.74, 6) is 0.765. The molecule has 3 heteroatoms. The molecule has 3 rings (SSSR count). The number of hydrogen-bond donors (Lipinski definition) is 1. The van der Waals surface area contributed by atoms with E-state index in [9.17, 15) is 4.79 Å². The number of carbonyl (C=O) groups excluding carboxylic acids is 1. The summed E-state index contributed by atoms with van der Waals surface area (Å²) in [5, 5.41) is 3.72. The van der Waals surface area contributed by atoms with E-state index in [4.69, 9.17) is 0 Å². The number of nitrogens with one attached hydrogen (secondary N) is 1. The zero-order valence-corrected chi connectivity index (χ0v) is 13.1. The Kier molecular flexibility index (Phi) is 4.29. The van der Waals surface area contributed by atoms with Gasteiger partial charge in [0.2, 0.25) is 5.91 Å². The van der Waals surface area contributed by atoms with Crippen molar-refractivity contribution in [3.63, 3.8) is 0 Å². The summed E-state index contributed by atoms with van der Waals surface area (Å²) in [5.41, 5.74) is 2.65. The molecule has 1 aliphatic carbocycles. The van der Waals surface area contributed by atoms with Crippen LogP contribution in [0.15, 0.2) is 24.3 Å². The van der Waals surface area contributed by atoms with Crippen LogP contribution in [-0.4, -0.2) is 29.9 Å². The molecule has 1 saturated carbocycles. The van der Waals surface area contributed by atoms with E-state index in [1.54, 1.807) is 0 Å². The van der Waals surface area contributed by atoms with E-state index in [0.717, 1.165) is 38.8 Å². The molecule has 1 saturated heterocycles. The van der Waals surface area contributed by atoms with E-state index < -0.39 is 0 Å². The molecule has 2 fully saturated rings. The van der Waals surface area contributed by atoms with Crippen molar-refractivity contribution in [3.8, 4) is 0 Å².